The van der Waals surface area contributed by atoms with E-state index in [-0.39, 0.29) is 0 Å². The smallest absolute Gasteiger partial charge is 0.131 e. The van der Waals surface area contributed by atoms with E-state index in [1.807, 2.05) is 37.4 Å². The summed E-state index contributed by atoms with van der Waals surface area (Å²) in [6, 6.07) is 5.80. The molecule has 0 aliphatic rings. The minimum Gasteiger partial charge on any atom is -0.487 e. The molecule has 100 valence electrons. The molecular formula is C14H16N2O2S. The monoisotopic (exact) mass is 276 g/mol. The first-order chi connectivity index (χ1) is 9.10. The molecule has 2 rings (SSSR count). The van der Waals surface area contributed by atoms with Gasteiger partial charge < -0.3 is 9.94 Å². The molecule has 0 atom stereocenters. The van der Waals surface area contributed by atoms with Crippen molar-refractivity contribution in [2.24, 2.45) is 5.16 Å². The lowest BCUT2D eigenvalue weighted by Gasteiger charge is -2.10. The summed E-state index contributed by atoms with van der Waals surface area (Å²) in [5.74, 6) is 0.701. The standard InChI is InChI=1S/C14H16N2O2S/c1-9-4-5-14(13(6-9)10(2)16-17)18-7-12-8-19-11(3)15-12/h4-6,8,17H,7H2,1-3H3. The van der Waals surface area contributed by atoms with Crippen molar-refractivity contribution in [2.45, 2.75) is 27.4 Å². The molecule has 5 heteroatoms. The Labute approximate surface area is 116 Å². The minimum atomic E-state index is 0.416. The van der Waals surface area contributed by atoms with Gasteiger partial charge in [0.15, 0.2) is 0 Å². The maximum atomic E-state index is 8.91. The summed E-state index contributed by atoms with van der Waals surface area (Å²) >= 11 is 1.60. The molecule has 0 radical (unpaired) electrons. The highest BCUT2D eigenvalue weighted by molar-refractivity contribution is 7.09. The van der Waals surface area contributed by atoms with Crippen LogP contribution in [0.1, 0.15) is 28.8 Å². The molecule has 19 heavy (non-hydrogen) atoms. The van der Waals surface area contributed by atoms with E-state index in [9.17, 15) is 0 Å². The number of ether oxygens (including phenoxy) is 1. The summed E-state index contributed by atoms with van der Waals surface area (Å²) in [6.45, 7) is 6.11. The van der Waals surface area contributed by atoms with E-state index in [4.69, 9.17) is 9.94 Å². The fraction of sp³-hybridized carbons (Fsp3) is 0.286. The normalized spacial score (nSPS) is 11.6. The number of thiazole rings is 1. The van der Waals surface area contributed by atoms with E-state index in [0.29, 0.717) is 18.1 Å². The van der Waals surface area contributed by atoms with Crippen LogP contribution in [0.4, 0.5) is 0 Å². The van der Waals surface area contributed by atoms with Crippen molar-refractivity contribution in [3.63, 3.8) is 0 Å². The Kier molecular flexibility index (Phi) is 4.16. The molecule has 0 unspecified atom stereocenters. The van der Waals surface area contributed by atoms with Gasteiger partial charge in [-0.2, -0.15) is 0 Å². The van der Waals surface area contributed by atoms with Crippen molar-refractivity contribution < 1.29 is 9.94 Å². The summed E-state index contributed by atoms with van der Waals surface area (Å²) in [7, 11) is 0. The highest BCUT2D eigenvalue weighted by Gasteiger charge is 2.09. The summed E-state index contributed by atoms with van der Waals surface area (Å²) in [5, 5.41) is 15.2. The number of nitrogens with zero attached hydrogens (tertiary/aromatic N) is 2. The van der Waals surface area contributed by atoms with E-state index in [2.05, 4.69) is 10.1 Å². The first-order valence-corrected chi connectivity index (χ1v) is 6.81. The second-order valence-corrected chi connectivity index (χ2v) is 5.39. The Hall–Kier alpha value is -1.88. The molecule has 0 saturated carbocycles. The fourth-order valence-electron chi connectivity index (χ4n) is 1.73. The molecule has 1 N–H and O–H groups in total. The number of aryl methyl sites for hydroxylation is 2. The van der Waals surface area contributed by atoms with Gasteiger partial charge in [-0.3, -0.25) is 0 Å². The SMILES string of the molecule is CC(=NO)c1cc(C)ccc1OCc1csc(C)n1. The van der Waals surface area contributed by atoms with E-state index in [1.54, 1.807) is 18.3 Å². The van der Waals surface area contributed by atoms with Crippen LogP contribution in [-0.4, -0.2) is 15.9 Å². The van der Waals surface area contributed by atoms with Gasteiger partial charge in [-0.05, 0) is 32.9 Å². The topological polar surface area (TPSA) is 54.7 Å². The van der Waals surface area contributed by atoms with Crippen LogP contribution in [0.2, 0.25) is 0 Å². The lowest BCUT2D eigenvalue weighted by atomic mass is 10.1. The van der Waals surface area contributed by atoms with Gasteiger partial charge >= 0.3 is 0 Å². The zero-order valence-corrected chi connectivity index (χ0v) is 12.0. The lowest BCUT2D eigenvalue weighted by molar-refractivity contribution is 0.299. The third-order valence-corrected chi connectivity index (χ3v) is 3.54. The molecular weight excluding hydrogens is 260 g/mol. The lowest BCUT2D eigenvalue weighted by Crippen LogP contribution is -2.03. The molecule has 1 aromatic heterocycles. The average molecular weight is 276 g/mol. The molecule has 0 amide bonds. The van der Waals surface area contributed by atoms with E-state index >= 15 is 0 Å². The van der Waals surface area contributed by atoms with Crippen molar-refractivity contribution in [2.75, 3.05) is 0 Å². The van der Waals surface area contributed by atoms with Crippen molar-refractivity contribution in [3.05, 3.63) is 45.4 Å². The molecule has 0 aliphatic carbocycles. The number of aromatic nitrogens is 1. The van der Waals surface area contributed by atoms with Crippen LogP contribution < -0.4 is 4.74 Å². The van der Waals surface area contributed by atoms with Gasteiger partial charge in [0, 0.05) is 10.9 Å². The Morgan fingerprint density at radius 2 is 2.21 bits per heavy atom. The molecule has 0 bridgehead atoms. The van der Waals surface area contributed by atoms with Crippen molar-refractivity contribution in [3.8, 4) is 5.75 Å². The van der Waals surface area contributed by atoms with Gasteiger partial charge in [0.25, 0.3) is 0 Å². The minimum absolute atomic E-state index is 0.416. The third-order valence-electron chi connectivity index (χ3n) is 2.72. The second kappa shape index (κ2) is 5.84. The van der Waals surface area contributed by atoms with Crippen LogP contribution in [0.3, 0.4) is 0 Å². The molecule has 1 heterocycles. The first-order valence-electron chi connectivity index (χ1n) is 5.93. The Morgan fingerprint density at radius 3 is 2.84 bits per heavy atom. The van der Waals surface area contributed by atoms with Crippen LogP contribution in [0.5, 0.6) is 5.75 Å². The Morgan fingerprint density at radius 1 is 1.42 bits per heavy atom. The molecule has 2 aromatic rings. The molecule has 0 fully saturated rings. The molecule has 4 nitrogen and oxygen atoms in total. The zero-order valence-electron chi connectivity index (χ0n) is 11.2. The maximum absolute atomic E-state index is 8.91. The van der Waals surface area contributed by atoms with Crippen LogP contribution in [0, 0.1) is 13.8 Å². The summed E-state index contributed by atoms with van der Waals surface area (Å²) in [5.41, 5.74) is 3.34. The molecule has 0 aliphatic heterocycles. The highest BCUT2D eigenvalue weighted by Crippen LogP contribution is 2.22. The van der Waals surface area contributed by atoms with Gasteiger partial charge in [0.1, 0.15) is 12.4 Å². The van der Waals surface area contributed by atoms with Gasteiger partial charge in [-0.15, -0.1) is 11.3 Å². The number of hydrogen-bond acceptors (Lipinski definition) is 5. The van der Waals surface area contributed by atoms with Gasteiger partial charge in [-0.1, -0.05) is 16.8 Å². The fourth-order valence-corrected chi connectivity index (χ4v) is 2.33. The average Bonchev–Trinajstić information content (AvgIpc) is 2.82. The van der Waals surface area contributed by atoms with Crippen molar-refractivity contribution in [1.29, 1.82) is 0 Å². The maximum Gasteiger partial charge on any atom is 0.131 e. The van der Waals surface area contributed by atoms with Crippen LogP contribution in [0.15, 0.2) is 28.7 Å². The quantitative estimate of drug-likeness (QED) is 0.528. The van der Waals surface area contributed by atoms with Crippen LogP contribution in [0.25, 0.3) is 0 Å². The summed E-state index contributed by atoms with van der Waals surface area (Å²) in [4.78, 5) is 4.35. The number of oxime groups is 1. The van der Waals surface area contributed by atoms with Crippen molar-refractivity contribution in [1.82, 2.24) is 4.98 Å². The number of hydrogen-bond donors (Lipinski definition) is 1. The molecule has 0 saturated heterocycles. The van der Waals surface area contributed by atoms with Crippen LogP contribution in [-0.2, 0) is 6.61 Å². The highest BCUT2D eigenvalue weighted by atomic mass is 32.1. The molecule has 0 spiro atoms. The van der Waals surface area contributed by atoms with Gasteiger partial charge in [0.05, 0.1) is 16.4 Å². The molecule has 1 aromatic carbocycles. The number of benzene rings is 1. The summed E-state index contributed by atoms with van der Waals surface area (Å²) < 4.78 is 5.77. The third kappa shape index (κ3) is 3.32. The van der Waals surface area contributed by atoms with E-state index in [0.717, 1.165) is 21.8 Å². The number of rotatable bonds is 4. The van der Waals surface area contributed by atoms with Gasteiger partial charge in [0.2, 0.25) is 0 Å². The predicted molar refractivity (Wildman–Crippen MR) is 76.4 cm³/mol. The zero-order chi connectivity index (χ0) is 13.8. The van der Waals surface area contributed by atoms with E-state index < -0.39 is 0 Å². The second-order valence-electron chi connectivity index (χ2n) is 4.33. The largest absolute Gasteiger partial charge is 0.487 e. The van der Waals surface area contributed by atoms with E-state index in [1.165, 1.54) is 0 Å². The van der Waals surface area contributed by atoms with Crippen LogP contribution >= 0.6 is 11.3 Å². The Balaban J connectivity index is 2.20. The van der Waals surface area contributed by atoms with Crippen molar-refractivity contribution >= 4 is 17.0 Å². The van der Waals surface area contributed by atoms with Gasteiger partial charge in [-0.25, -0.2) is 4.98 Å². The first kappa shape index (κ1) is 13.5. The summed E-state index contributed by atoms with van der Waals surface area (Å²) in [6.07, 6.45) is 0. The Bertz CT molecular complexity index is 605. The predicted octanol–water partition coefficient (Wildman–Crippen LogP) is 3.54.